The molecule has 0 aliphatic carbocycles. The maximum Gasteiger partial charge on any atom is 0.255 e. The molecule has 1 N–H and O–H groups in total. The summed E-state index contributed by atoms with van der Waals surface area (Å²) < 4.78 is 13.6. The Balaban J connectivity index is 2.19. The van der Waals surface area contributed by atoms with Gasteiger partial charge in [-0.25, -0.2) is 4.39 Å². The van der Waals surface area contributed by atoms with Crippen LogP contribution in [0.25, 0.3) is 0 Å². The SMILES string of the molecule is CCN(C(=O)c1ccc(F)cc1Br)C1CCCNC1. The van der Waals surface area contributed by atoms with E-state index in [0.717, 1.165) is 25.9 Å². The Morgan fingerprint density at radius 2 is 2.37 bits per heavy atom. The number of carbonyl (C=O) groups excluding carboxylic acids is 1. The Labute approximate surface area is 121 Å². The second-order valence-electron chi connectivity index (χ2n) is 4.72. The molecule has 0 aromatic heterocycles. The summed E-state index contributed by atoms with van der Waals surface area (Å²) in [5.74, 6) is -0.381. The molecule has 0 saturated carbocycles. The van der Waals surface area contributed by atoms with Gasteiger partial charge in [-0.05, 0) is 60.4 Å². The number of nitrogens with zero attached hydrogens (tertiary/aromatic N) is 1. The fourth-order valence-corrected chi connectivity index (χ4v) is 3.01. The van der Waals surface area contributed by atoms with Crippen LogP contribution in [0, 0.1) is 5.82 Å². The molecule has 1 heterocycles. The quantitative estimate of drug-likeness (QED) is 0.925. The Bertz CT molecular complexity index is 461. The first-order chi connectivity index (χ1) is 9.13. The molecule has 1 aliphatic heterocycles. The van der Waals surface area contributed by atoms with E-state index in [4.69, 9.17) is 0 Å². The first kappa shape index (κ1) is 14.5. The van der Waals surface area contributed by atoms with Gasteiger partial charge < -0.3 is 10.2 Å². The van der Waals surface area contributed by atoms with E-state index in [1.54, 1.807) is 6.07 Å². The van der Waals surface area contributed by atoms with Crippen LogP contribution in [-0.4, -0.2) is 36.5 Å². The number of rotatable bonds is 3. The molecule has 1 aliphatic rings. The van der Waals surface area contributed by atoms with Crippen LogP contribution >= 0.6 is 15.9 Å². The number of likely N-dealkylation sites (N-methyl/N-ethyl adjacent to an activating group) is 1. The van der Waals surface area contributed by atoms with Gasteiger partial charge >= 0.3 is 0 Å². The number of hydrogen-bond acceptors (Lipinski definition) is 2. The average molecular weight is 329 g/mol. The Morgan fingerprint density at radius 1 is 1.58 bits per heavy atom. The number of amides is 1. The monoisotopic (exact) mass is 328 g/mol. The van der Waals surface area contributed by atoms with Crippen LogP contribution in [0.3, 0.4) is 0 Å². The second-order valence-corrected chi connectivity index (χ2v) is 5.57. The highest BCUT2D eigenvalue weighted by atomic mass is 79.9. The van der Waals surface area contributed by atoms with Gasteiger partial charge in [-0.1, -0.05) is 0 Å². The van der Waals surface area contributed by atoms with Gasteiger partial charge in [-0.3, -0.25) is 4.79 Å². The molecule has 1 aromatic carbocycles. The predicted octanol–water partition coefficient (Wildman–Crippen LogP) is 2.80. The summed E-state index contributed by atoms with van der Waals surface area (Å²) in [6.45, 7) is 4.49. The molecule has 1 atom stereocenters. The van der Waals surface area contributed by atoms with Crippen molar-refractivity contribution >= 4 is 21.8 Å². The van der Waals surface area contributed by atoms with E-state index in [1.807, 2.05) is 11.8 Å². The van der Waals surface area contributed by atoms with Gasteiger partial charge in [0.25, 0.3) is 5.91 Å². The van der Waals surface area contributed by atoms with Gasteiger partial charge in [0.1, 0.15) is 5.82 Å². The molecule has 3 nitrogen and oxygen atoms in total. The number of carbonyl (C=O) groups is 1. The number of nitrogens with one attached hydrogen (secondary N) is 1. The minimum Gasteiger partial charge on any atom is -0.335 e. The number of piperidine rings is 1. The molecule has 104 valence electrons. The molecule has 5 heteroatoms. The van der Waals surface area contributed by atoms with Crippen LogP contribution in [-0.2, 0) is 0 Å². The molecule has 1 amide bonds. The number of halogens is 2. The van der Waals surface area contributed by atoms with Gasteiger partial charge in [-0.2, -0.15) is 0 Å². The van der Waals surface area contributed by atoms with Crippen molar-refractivity contribution in [2.45, 2.75) is 25.8 Å². The van der Waals surface area contributed by atoms with E-state index in [9.17, 15) is 9.18 Å². The summed E-state index contributed by atoms with van der Waals surface area (Å²) >= 11 is 3.27. The minimum atomic E-state index is -0.342. The van der Waals surface area contributed by atoms with Gasteiger partial charge in [0.15, 0.2) is 0 Å². The van der Waals surface area contributed by atoms with E-state index in [1.165, 1.54) is 12.1 Å². The van der Waals surface area contributed by atoms with E-state index in [2.05, 4.69) is 21.2 Å². The molecular weight excluding hydrogens is 311 g/mol. The molecule has 19 heavy (non-hydrogen) atoms. The van der Waals surface area contributed by atoms with E-state index < -0.39 is 0 Å². The highest BCUT2D eigenvalue weighted by Crippen LogP contribution is 2.22. The fraction of sp³-hybridized carbons (Fsp3) is 0.500. The maximum absolute atomic E-state index is 13.1. The third-order valence-corrected chi connectivity index (χ3v) is 4.13. The third-order valence-electron chi connectivity index (χ3n) is 3.47. The molecule has 1 fully saturated rings. The first-order valence-corrected chi connectivity index (χ1v) is 7.39. The summed E-state index contributed by atoms with van der Waals surface area (Å²) in [5.41, 5.74) is 0.522. The molecular formula is C14H18BrFN2O. The van der Waals surface area contributed by atoms with E-state index in [-0.39, 0.29) is 17.8 Å². The summed E-state index contributed by atoms with van der Waals surface area (Å²) in [5, 5.41) is 3.31. The molecule has 2 rings (SSSR count). The lowest BCUT2D eigenvalue weighted by atomic mass is 10.0. The van der Waals surface area contributed by atoms with Crippen molar-refractivity contribution in [3.8, 4) is 0 Å². The van der Waals surface area contributed by atoms with Gasteiger partial charge in [-0.15, -0.1) is 0 Å². The van der Waals surface area contributed by atoms with Crippen molar-refractivity contribution in [1.29, 1.82) is 0 Å². The van der Waals surface area contributed by atoms with Crippen LogP contribution in [0.5, 0.6) is 0 Å². The summed E-state index contributed by atoms with van der Waals surface area (Å²) in [7, 11) is 0. The van der Waals surface area contributed by atoms with Crippen LogP contribution in [0.4, 0.5) is 4.39 Å². The van der Waals surface area contributed by atoms with Crippen molar-refractivity contribution < 1.29 is 9.18 Å². The van der Waals surface area contributed by atoms with Crippen LogP contribution < -0.4 is 5.32 Å². The van der Waals surface area contributed by atoms with Crippen molar-refractivity contribution in [2.24, 2.45) is 0 Å². The van der Waals surface area contributed by atoms with E-state index in [0.29, 0.717) is 16.6 Å². The Kier molecular flexibility index (Phi) is 4.93. The molecule has 1 aromatic rings. The van der Waals surface area contributed by atoms with Gasteiger partial charge in [0.05, 0.1) is 5.56 Å². The first-order valence-electron chi connectivity index (χ1n) is 6.60. The smallest absolute Gasteiger partial charge is 0.255 e. The minimum absolute atomic E-state index is 0.0388. The summed E-state index contributed by atoms with van der Waals surface area (Å²) in [6.07, 6.45) is 2.10. The second kappa shape index (κ2) is 6.48. The third kappa shape index (κ3) is 3.34. The standard InChI is InChI=1S/C14H18BrFN2O/c1-2-18(11-4-3-7-17-9-11)14(19)12-6-5-10(16)8-13(12)15/h5-6,8,11,17H,2-4,7,9H2,1H3. The summed E-state index contributed by atoms with van der Waals surface area (Å²) in [4.78, 5) is 14.4. The largest absolute Gasteiger partial charge is 0.335 e. The predicted molar refractivity (Wildman–Crippen MR) is 76.7 cm³/mol. The lowest BCUT2D eigenvalue weighted by molar-refractivity contribution is 0.0661. The van der Waals surface area contributed by atoms with Crippen molar-refractivity contribution in [3.63, 3.8) is 0 Å². The lowest BCUT2D eigenvalue weighted by Crippen LogP contribution is -2.48. The molecule has 0 radical (unpaired) electrons. The van der Waals surface area contributed by atoms with Crippen molar-refractivity contribution in [1.82, 2.24) is 10.2 Å². The highest BCUT2D eigenvalue weighted by Gasteiger charge is 2.26. The normalized spacial score (nSPS) is 19.2. The van der Waals surface area contributed by atoms with Gasteiger partial charge in [0, 0.05) is 23.6 Å². The van der Waals surface area contributed by atoms with Crippen LogP contribution in [0.2, 0.25) is 0 Å². The van der Waals surface area contributed by atoms with Crippen molar-refractivity contribution in [3.05, 3.63) is 34.1 Å². The zero-order valence-corrected chi connectivity index (χ0v) is 12.5. The lowest BCUT2D eigenvalue weighted by Gasteiger charge is -2.34. The summed E-state index contributed by atoms with van der Waals surface area (Å²) in [6, 6.07) is 4.43. The average Bonchev–Trinajstić information content (AvgIpc) is 2.40. The van der Waals surface area contributed by atoms with E-state index >= 15 is 0 Å². The Hall–Kier alpha value is -0.940. The van der Waals surface area contributed by atoms with Crippen LogP contribution in [0.15, 0.2) is 22.7 Å². The highest BCUT2D eigenvalue weighted by molar-refractivity contribution is 9.10. The fourth-order valence-electron chi connectivity index (χ4n) is 2.48. The van der Waals surface area contributed by atoms with Crippen LogP contribution in [0.1, 0.15) is 30.1 Å². The zero-order chi connectivity index (χ0) is 13.8. The zero-order valence-electron chi connectivity index (χ0n) is 11.0. The number of benzene rings is 1. The van der Waals surface area contributed by atoms with Gasteiger partial charge in [0.2, 0.25) is 0 Å². The maximum atomic E-state index is 13.1. The Morgan fingerprint density at radius 3 is 2.95 bits per heavy atom. The topological polar surface area (TPSA) is 32.3 Å². The molecule has 1 saturated heterocycles. The number of hydrogen-bond donors (Lipinski definition) is 1. The molecule has 0 spiro atoms. The molecule has 0 bridgehead atoms. The van der Waals surface area contributed by atoms with Crippen molar-refractivity contribution in [2.75, 3.05) is 19.6 Å². The molecule has 1 unspecified atom stereocenters.